The molecule has 2 heteroatoms. The van der Waals surface area contributed by atoms with Gasteiger partial charge in [-0.2, -0.15) is 0 Å². The second kappa shape index (κ2) is 6.04. The molecule has 4 rings (SSSR count). The number of aromatic hydroxyl groups is 1. The average Bonchev–Trinajstić information content (AvgIpc) is 2.63. The van der Waals surface area contributed by atoms with E-state index < -0.39 is 0 Å². The Morgan fingerprint density at radius 2 is 1.42 bits per heavy atom. The topological polar surface area (TPSA) is 32.3 Å². The molecule has 0 spiro atoms. The Bertz CT molecular complexity index is 826. The maximum Gasteiger partial charge on any atom is 0.115 e. The van der Waals surface area contributed by atoms with Crippen LogP contribution in [0.15, 0.2) is 78.9 Å². The summed E-state index contributed by atoms with van der Waals surface area (Å²) in [6.07, 6.45) is 0. The largest absolute Gasteiger partial charge is 0.508 e. The summed E-state index contributed by atoms with van der Waals surface area (Å²) in [5.41, 5.74) is 5.07. The monoisotopic (exact) mass is 315 g/mol. The van der Waals surface area contributed by atoms with Gasteiger partial charge in [0, 0.05) is 11.6 Å². The molecule has 1 aliphatic heterocycles. The first kappa shape index (κ1) is 14.8. The molecule has 120 valence electrons. The number of hydrogen-bond donors (Lipinski definition) is 2. The van der Waals surface area contributed by atoms with Crippen LogP contribution in [0.2, 0.25) is 0 Å². The molecule has 2 N–H and O–H groups in total. The predicted octanol–water partition coefficient (Wildman–Crippen LogP) is 5.33. The van der Waals surface area contributed by atoms with Gasteiger partial charge in [-0.3, -0.25) is 0 Å². The fourth-order valence-electron chi connectivity index (χ4n) is 3.89. The number of para-hydroxylation sites is 1. The first-order valence-electron chi connectivity index (χ1n) is 8.43. The Kier molecular flexibility index (Phi) is 3.73. The van der Waals surface area contributed by atoms with Crippen LogP contribution in [0.25, 0.3) is 0 Å². The third-order valence-corrected chi connectivity index (χ3v) is 5.07. The number of nitrogens with one attached hydrogen (secondary N) is 1. The van der Waals surface area contributed by atoms with Crippen molar-refractivity contribution < 1.29 is 5.11 Å². The fourth-order valence-corrected chi connectivity index (χ4v) is 3.89. The van der Waals surface area contributed by atoms with E-state index in [4.69, 9.17) is 0 Å². The molecule has 3 aromatic carbocycles. The predicted molar refractivity (Wildman–Crippen MR) is 98.4 cm³/mol. The lowest BCUT2D eigenvalue weighted by molar-refractivity contribution is 0.427. The molecule has 0 fully saturated rings. The van der Waals surface area contributed by atoms with Crippen molar-refractivity contribution in [2.45, 2.75) is 18.9 Å². The molecule has 2 nitrogen and oxygen atoms in total. The SMILES string of the molecule is C[C@H]1[C@H](c2ccc(O)cc2)c2ccccc2N[C@@H]1c1ccccc1. The Labute approximate surface area is 142 Å². The molecule has 0 saturated heterocycles. The Balaban J connectivity index is 1.82. The minimum Gasteiger partial charge on any atom is -0.508 e. The van der Waals surface area contributed by atoms with E-state index in [-0.39, 0.29) is 6.04 Å². The standard InChI is InChI=1S/C22H21NO/c1-15-21(16-11-13-18(24)14-12-16)19-9-5-6-10-20(19)23-22(15)17-7-3-2-4-8-17/h2-15,21-24H,1H3/t15-,21+,22-/m0/s1. The fraction of sp³-hybridized carbons (Fsp3) is 0.182. The number of anilines is 1. The van der Waals surface area contributed by atoms with Gasteiger partial charge in [-0.1, -0.05) is 67.6 Å². The zero-order valence-electron chi connectivity index (χ0n) is 13.7. The molecule has 0 aliphatic carbocycles. The Morgan fingerprint density at radius 3 is 2.17 bits per heavy atom. The van der Waals surface area contributed by atoms with E-state index in [1.54, 1.807) is 12.1 Å². The summed E-state index contributed by atoms with van der Waals surface area (Å²) < 4.78 is 0. The second-order valence-corrected chi connectivity index (χ2v) is 6.55. The number of hydrogen-bond acceptors (Lipinski definition) is 2. The highest BCUT2D eigenvalue weighted by molar-refractivity contribution is 5.60. The van der Waals surface area contributed by atoms with Crippen molar-refractivity contribution in [1.82, 2.24) is 0 Å². The highest BCUT2D eigenvalue weighted by Gasteiger charge is 2.35. The van der Waals surface area contributed by atoms with E-state index in [0.717, 1.165) is 0 Å². The van der Waals surface area contributed by atoms with Crippen molar-refractivity contribution in [3.63, 3.8) is 0 Å². The summed E-state index contributed by atoms with van der Waals surface area (Å²) in [5.74, 6) is 1.01. The van der Waals surface area contributed by atoms with Gasteiger partial charge in [0.05, 0.1) is 6.04 Å². The molecule has 0 radical (unpaired) electrons. The molecule has 0 unspecified atom stereocenters. The summed E-state index contributed by atoms with van der Waals surface area (Å²) in [6.45, 7) is 2.30. The van der Waals surface area contributed by atoms with E-state index in [0.29, 0.717) is 17.6 Å². The van der Waals surface area contributed by atoms with Crippen molar-refractivity contribution in [3.8, 4) is 5.75 Å². The molecule has 24 heavy (non-hydrogen) atoms. The molecule has 1 heterocycles. The van der Waals surface area contributed by atoms with E-state index in [1.807, 2.05) is 12.1 Å². The van der Waals surface area contributed by atoms with E-state index >= 15 is 0 Å². The van der Waals surface area contributed by atoms with Crippen molar-refractivity contribution >= 4 is 5.69 Å². The molecule has 0 amide bonds. The minimum absolute atomic E-state index is 0.264. The van der Waals surface area contributed by atoms with Gasteiger partial charge in [-0.15, -0.1) is 0 Å². The number of phenols is 1. The summed E-state index contributed by atoms with van der Waals surface area (Å²) in [6, 6.07) is 27.1. The number of benzene rings is 3. The van der Waals surface area contributed by atoms with Gasteiger partial charge in [-0.05, 0) is 40.8 Å². The molecule has 0 bridgehead atoms. The maximum atomic E-state index is 9.63. The van der Waals surface area contributed by atoms with Crippen LogP contribution in [-0.4, -0.2) is 5.11 Å². The highest BCUT2D eigenvalue weighted by Crippen LogP contribution is 2.47. The first-order chi connectivity index (χ1) is 11.7. The average molecular weight is 315 g/mol. The lowest BCUT2D eigenvalue weighted by Crippen LogP contribution is -2.30. The number of rotatable bonds is 2. The first-order valence-corrected chi connectivity index (χ1v) is 8.43. The zero-order chi connectivity index (χ0) is 16.5. The van der Waals surface area contributed by atoms with Crippen LogP contribution in [0.1, 0.15) is 35.6 Å². The van der Waals surface area contributed by atoms with Crippen LogP contribution in [0.3, 0.4) is 0 Å². The van der Waals surface area contributed by atoms with Crippen LogP contribution >= 0.6 is 0 Å². The molecular weight excluding hydrogens is 294 g/mol. The van der Waals surface area contributed by atoms with Crippen LogP contribution in [0.4, 0.5) is 5.69 Å². The summed E-state index contributed by atoms with van der Waals surface area (Å²) in [7, 11) is 0. The zero-order valence-corrected chi connectivity index (χ0v) is 13.7. The lowest BCUT2D eigenvalue weighted by Gasteiger charge is -2.39. The normalized spacial score (nSPS) is 22.5. The van der Waals surface area contributed by atoms with Crippen LogP contribution in [0, 0.1) is 5.92 Å². The molecule has 3 atom stereocenters. The van der Waals surface area contributed by atoms with Crippen LogP contribution in [-0.2, 0) is 0 Å². The third kappa shape index (κ3) is 2.54. The highest BCUT2D eigenvalue weighted by atomic mass is 16.3. The quantitative estimate of drug-likeness (QED) is 0.670. The van der Waals surface area contributed by atoms with Crippen LogP contribution in [0.5, 0.6) is 5.75 Å². The summed E-state index contributed by atoms with van der Waals surface area (Å²) >= 11 is 0. The van der Waals surface area contributed by atoms with Crippen molar-refractivity contribution in [1.29, 1.82) is 0 Å². The van der Waals surface area contributed by atoms with Crippen LogP contribution < -0.4 is 5.32 Å². The van der Waals surface area contributed by atoms with E-state index in [1.165, 1.54) is 22.4 Å². The molecule has 1 aliphatic rings. The molecule has 0 aromatic heterocycles. The molecule has 3 aromatic rings. The van der Waals surface area contributed by atoms with Gasteiger partial charge in [-0.25, -0.2) is 0 Å². The number of fused-ring (bicyclic) bond motifs is 1. The van der Waals surface area contributed by atoms with Crippen molar-refractivity contribution in [2.75, 3.05) is 5.32 Å². The molecule has 0 saturated carbocycles. The third-order valence-electron chi connectivity index (χ3n) is 5.07. The summed E-state index contributed by atoms with van der Waals surface area (Å²) in [5, 5.41) is 13.4. The second-order valence-electron chi connectivity index (χ2n) is 6.55. The van der Waals surface area contributed by atoms with Gasteiger partial charge in [0.15, 0.2) is 0 Å². The smallest absolute Gasteiger partial charge is 0.115 e. The lowest BCUT2D eigenvalue weighted by atomic mass is 9.73. The van der Waals surface area contributed by atoms with Gasteiger partial charge >= 0.3 is 0 Å². The minimum atomic E-state index is 0.264. The molecular formula is C22H21NO. The van der Waals surface area contributed by atoms with Gasteiger partial charge in [0.1, 0.15) is 5.75 Å². The van der Waals surface area contributed by atoms with Crippen molar-refractivity contribution in [2.24, 2.45) is 5.92 Å². The van der Waals surface area contributed by atoms with E-state index in [9.17, 15) is 5.11 Å². The Morgan fingerprint density at radius 1 is 0.750 bits per heavy atom. The maximum absolute atomic E-state index is 9.63. The Hall–Kier alpha value is -2.74. The van der Waals surface area contributed by atoms with Gasteiger partial charge < -0.3 is 10.4 Å². The van der Waals surface area contributed by atoms with E-state index in [2.05, 4.69) is 66.8 Å². The number of phenolic OH excluding ortho intramolecular Hbond substituents is 1. The van der Waals surface area contributed by atoms with Gasteiger partial charge in [0.2, 0.25) is 0 Å². The van der Waals surface area contributed by atoms with Gasteiger partial charge in [0.25, 0.3) is 0 Å². The van der Waals surface area contributed by atoms with Crippen molar-refractivity contribution in [3.05, 3.63) is 95.6 Å². The summed E-state index contributed by atoms with van der Waals surface area (Å²) in [4.78, 5) is 0.